The van der Waals surface area contributed by atoms with E-state index in [2.05, 4.69) is 0 Å². The van der Waals surface area contributed by atoms with Gasteiger partial charge in [-0.05, 0) is 57.3 Å². The smallest absolute Gasteiger partial charge is 0.417 e. The first-order valence-electron chi connectivity index (χ1n) is 12.4. The van der Waals surface area contributed by atoms with Crippen LogP contribution < -0.4 is 0 Å². The molecule has 2 aliphatic rings. The molecular formula is C26H41NO7. The largest absolute Gasteiger partial charge is 0.479 e. The van der Waals surface area contributed by atoms with Gasteiger partial charge in [-0.15, -0.1) is 0 Å². The van der Waals surface area contributed by atoms with Gasteiger partial charge < -0.3 is 19.3 Å². The van der Waals surface area contributed by atoms with Crippen LogP contribution in [0.3, 0.4) is 0 Å². The second kappa shape index (κ2) is 13.0. The van der Waals surface area contributed by atoms with Crippen LogP contribution in [0.5, 0.6) is 0 Å². The van der Waals surface area contributed by atoms with Gasteiger partial charge in [0.15, 0.2) is 18.0 Å². The SMILES string of the molecule is CO[C@H](C(=O)N1C(=O)OC(C)(C)[C@@H]1C(C)C)[C@H]1OC(=CCCCCCCCCCO)C=CC1=O. The maximum Gasteiger partial charge on any atom is 0.417 e. The van der Waals surface area contributed by atoms with E-state index in [1.807, 2.05) is 19.9 Å². The summed E-state index contributed by atoms with van der Waals surface area (Å²) in [6.07, 6.45) is 10.0. The molecule has 2 rings (SSSR count). The molecule has 8 nitrogen and oxygen atoms in total. The van der Waals surface area contributed by atoms with E-state index in [-0.39, 0.29) is 18.3 Å². The van der Waals surface area contributed by atoms with Gasteiger partial charge in [0.25, 0.3) is 5.91 Å². The fourth-order valence-corrected chi connectivity index (χ4v) is 4.79. The molecule has 1 N–H and O–H groups in total. The maximum atomic E-state index is 13.4. The topological polar surface area (TPSA) is 102 Å². The molecular weight excluding hydrogens is 438 g/mol. The lowest BCUT2D eigenvalue weighted by Gasteiger charge is -2.34. The summed E-state index contributed by atoms with van der Waals surface area (Å²) in [7, 11) is 1.33. The van der Waals surface area contributed by atoms with Crippen LogP contribution in [0.2, 0.25) is 0 Å². The number of amides is 2. The Morgan fingerprint density at radius 1 is 1.12 bits per heavy atom. The Labute approximate surface area is 203 Å². The van der Waals surface area contributed by atoms with Crippen molar-refractivity contribution >= 4 is 17.8 Å². The summed E-state index contributed by atoms with van der Waals surface area (Å²) in [5.41, 5.74) is -0.847. The summed E-state index contributed by atoms with van der Waals surface area (Å²) < 4.78 is 16.7. The number of aliphatic hydroxyl groups is 1. The van der Waals surface area contributed by atoms with Crippen LogP contribution in [0, 0.1) is 5.92 Å². The highest BCUT2D eigenvalue weighted by molar-refractivity contribution is 6.03. The minimum atomic E-state index is -1.26. The summed E-state index contributed by atoms with van der Waals surface area (Å²) in [6, 6.07) is -0.488. The zero-order valence-corrected chi connectivity index (χ0v) is 21.2. The lowest BCUT2D eigenvalue weighted by molar-refractivity contribution is -0.154. The van der Waals surface area contributed by atoms with Gasteiger partial charge in [0, 0.05) is 13.7 Å². The third kappa shape index (κ3) is 7.15. The van der Waals surface area contributed by atoms with E-state index in [0.717, 1.165) is 56.3 Å². The normalized spacial score (nSPS) is 24.0. The lowest BCUT2D eigenvalue weighted by atomic mass is 9.88. The molecule has 2 amide bonds. The van der Waals surface area contributed by atoms with Crippen molar-refractivity contribution in [1.82, 2.24) is 4.90 Å². The Bertz CT molecular complexity index is 771. The number of nitrogens with zero attached hydrogens (tertiary/aromatic N) is 1. The third-order valence-corrected chi connectivity index (χ3v) is 6.34. The van der Waals surface area contributed by atoms with Gasteiger partial charge in [0.05, 0.1) is 6.04 Å². The number of imide groups is 1. The van der Waals surface area contributed by atoms with Crippen LogP contribution in [0.25, 0.3) is 0 Å². The van der Waals surface area contributed by atoms with Crippen molar-refractivity contribution in [3.05, 3.63) is 24.0 Å². The molecule has 34 heavy (non-hydrogen) atoms. The first kappa shape index (κ1) is 28.1. The summed E-state index contributed by atoms with van der Waals surface area (Å²) in [5, 5.41) is 8.80. The number of carbonyl (C=O) groups is 3. The number of methoxy groups -OCH3 is 1. The molecule has 3 atom stereocenters. The van der Waals surface area contributed by atoms with Crippen molar-refractivity contribution in [1.29, 1.82) is 0 Å². The average molecular weight is 480 g/mol. The summed E-state index contributed by atoms with van der Waals surface area (Å²) in [5.74, 6) is -0.540. The van der Waals surface area contributed by atoms with E-state index < -0.39 is 35.9 Å². The zero-order valence-electron chi connectivity index (χ0n) is 21.2. The number of hydrogen-bond acceptors (Lipinski definition) is 7. The minimum Gasteiger partial charge on any atom is -0.479 e. The highest BCUT2D eigenvalue weighted by Crippen LogP contribution is 2.35. The van der Waals surface area contributed by atoms with Gasteiger partial charge in [0.1, 0.15) is 11.4 Å². The fraction of sp³-hybridized carbons (Fsp3) is 0.731. The summed E-state index contributed by atoms with van der Waals surface area (Å²) >= 11 is 0. The Balaban J connectivity index is 1.98. The molecule has 1 saturated heterocycles. The number of allylic oxidation sites excluding steroid dienone is 2. The molecule has 0 unspecified atom stereocenters. The van der Waals surface area contributed by atoms with Crippen molar-refractivity contribution in [3.63, 3.8) is 0 Å². The highest BCUT2D eigenvalue weighted by Gasteiger charge is 2.54. The van der Waals surface area contributed by atoms with Crippen molar-refractivity contribution in [2.45, 2.75) is 103 Å². The molecule has 0 saturated carbocycles. The summed E-state index contributed by atoms with van der Waals surface area (Å²) in [6.45, 7) is 7.63. The fourth-order valence-electron chi connectivity index (χ4n) is 4.79. The van der Waals surface area contributed by atoms with Gasteiger partial charge in [-0.25, -0.2) is 9.69 Å². The zero-order chi connectivity index (χ0) is 25.3. The Morgan fingerprint density at radius 3 is 2.32 bits per heavy atom. The molecule has 0 aromatic heterocycles. The number of ketones is 1. The Morgan fingerprint density at radius 2 is 1.74 bits per heavy atom. The Hall–Kier alpha value is -2.19. The molecule has 0 aliphatic carbocycles. The molecule has 0 bridgehead atoms. The second-order valence-corrected chi connectivity index (χ2v) is 9.89. The molecule has 2 heterocycles. The monoisotopic (exact) mass is 479 g/mol. The van der Waals surface area contributed by atoms with E-state index >= 15 is 0 Å². The molecule has 8 heteroatoms. The van der Waals surface area contributed by atoms with Crippen LogP contribution >= 0.6 is 0 Å². The van der Waals surface area contributed by atoms with Crippen molar-refractivity contribution in [2.24, 2.45) is 5.92 Å². The number of aliphatic hydroxyl groups excluding tert-OH is 1. The van der Waals surface area contributed by atoms with E-state index in [1.165, 1.54) is 13.2 Å². The minimum absolute atomic E-state index is 0.0455. The standard InChI is InChI=1S/C26H41NO7/c1-18(2)23-26(3,4)34-25(31)27(23)24(30)22(32-5)21-20(29)16-15-19(33-21)14-12-10-8-6-7-9-11-13-17-28/h14-16,18,21-23,28H,6-13,17H2,1-5H3/t21-,22-,23-/m0/s1. The van der Waals surface area contributed by atoms with Gasteiger partial charge >= 0.3 is 6.09 Å². The van der Waals surface area contributed by atoms with Crippen LogP contribution in [0.1, 0.15) is 79.1 Å². The number of unbranched alkanes of at least 4 members (excludes halogenated alkanes) is 7. The number of carbonyl (C=O) groups excluding carboxylic acids is 3. The van der Waals surface area contributed by atoms with Crippen molar-refractivity contribution in [3.8, 4) is 0 Å². The molecule has 2 aliphatic heterocycles. The van der Waals surface area contributed by atoms with Gasteiger partial charge in [0.2, 0.25) is 0 Å². The van der Waals surface area contributed by atoms with Crippen LogP contribution in [0.4, 0.5) is 4.79 Å². The van der Waals surface area contributed by atoms with E-state index in [0.29, 0.717) is 5.76 Å². The second-order valence-electron chi connectivity index (χ2n) is 9.89. The summed E-state index contributed by atoms with van der Waals surface area (Å²) in [4.78, 5) is 39.6. The lowest BCUT2D eigenvalue weighted by Crippen LogP contribution is -2.55. The molecule has 192 valence electrons. The molecule has 0 spiro atoms. The number of ether oxygens (including phenoxy) is 3. The van der Waals surface area contributed by atoms with E-state index in [9.17, 15) is 14.4 Å². The molecule has 0 radical (unpaired) electrons. The van der Waals surface area contributed by atoms with Crippen LogP contribution in [-0.2, 0) is 23.8 Å². The quantitative estimate of drug-likeness (QED) is 0.393. The van der Waals surface area contributed by atoms with E-state index in [1.54, 1.807) is 19.9 Å². The average Bonchev–Trinajstić information content (AvgIpc) is 3.03. The van der Waals surface area contributed by atoms with E-state index in [4.69, 9.17) is 19.3 Å². The predicted molar refractivity (Wildman–Crippen MR) is 128 cm³/mol. The van der Waals surface area contributed by atoms with Crippen molar-refractivity contribution in [2.75, 3.05) is 13.7 Å². The molecule has 0 aromatic carbocycles. The number of cyclic esters (lactones) is 1. The van der Waals surface area contributed by atoms with Crippen molar-refractivity contribution < 1.29 is 33.7 Å². The first-order valence-corrected chi connectivity index (χ1v) is 12.4. The molecule has 0 aromatic rings. The van der Waals surface area contributed by atoms with Gasteiger partial charge in [-0.3, -0.25) is 9.59 Å². The van der Waals surface area contributed by atoms with Gasteiger partial charge in [-0.1, -0.05) is 46.0 Å². The number of rotatable bonds is 13. The van der Waals surface area contributed by atoms with Crippen LogP contribution in [0.15, 0.2) is 24.0 Å². The third-order valence-electron chi connectivity index (χ3n) is 6.34. The molecule has 1 fully saturated rings. The predicted octanol–water partition coefficient (Wildman–Crippen LogP) is 4.30. The van der Waals surface area contributed by atoms with Crippen LogP contribution in [-0.4, -0.2) is 65.4 Å². The number of hydrogen-bond donors (Lipinski definition) is 1. The highest BCUT2D eigenvalue weighted by atomic mass is 16.6. The first-order chi connectivity index (χ1) is 16.1. The maximum absolute atomic E-state index is 13.4. The van der Waals surface area contributed by atoms with Gasteiger partial charge in [-0.2, -0.15) is 0 Å². The Kier molecular flexibility index (Phi) is 10.8.